The number of carbonyl (C=O) groups excluding carboxylic acids is 4. The summed E-state index contributed by atoms with van der Waals surface area (Å²) in [6, 6.07) is 4.82. The Balaban J connectivity index is 2.17. The highest BCUT2D eigenvalue weighted by atomic mass is 32.2. The highest BCUT2D eigenvalue weighted by Crippen LogP contribution is 2.16. The number of nitrogens with zero attached hydrogens (tertiary/aromatic N) is 1. The van der Waals surface area contributed by atoms with E-state index in [0.717, 1.165) is 43.9 Å². The van der Waals surface area contributed by atoms with Gasteiger partial charge in [0.25, 0.3) is 16.0 Å². The van der Waals surface area contributed by atoms with Gasteiger partial charge in [0.05, 0.1) is 36.2 Å². The van der Waals surface area contributed by atoms with Gasteiger partial charge >= 0.3 is 0 Å². The number of aliphatic hydroxyl groups is 1. The minimum absolute atomic E-state index is 0.0592. The number of ether oxygens (including phenoxy) is 2. The van der Waals surface area contributed by atoms with E-state index < -0.39 is 64.0 Å². The number of unbranched alkanes of at least 4 members (excludes halogenated alkanes) is 5. The largest absolute Gasteiger partial charge is 0.382 e. The zero-order chi connectivity index (χ0) is 36.5. The number of hydrogen-bond donors (Lipinski definition) is 4. The molecule has 274 valence electrons. The lowest BCUT2D eigenvalue weighted by Gasteiger charge is -2.29. The predicted octanol–water partition coefficient (Wildman–Crippen LogP) is 2.08. The van der Waals surface area contributed by atoms with Gasteiger partial charge in [0.2, 0.25) is 11.8 Å². The van der Waals surface area contributed by atoms with Gasteiger partial charge in [-0.05, 0) is 32.3 Å². The molecule has 2 rings (SSSR count). The standard InChI is InChI=1S/C33H50N4O10S2/c1-6-7-8-9-10-14-17-49(43,44)47-22-33(3,42)29(38)25(18-24-15-12-11-13-16-24)35-30(39)26(20-45-4)36-31(40)27(21-46-5)37-32(41)28-19-34-23(2)48-28/h11-13,15-16,19,25-27,42H,6-10,14,17-18,20-22H2,1-5H3,(H,35,39)(H,36,40)(H,37,41)/t25-,26+,27-,33?/m0/s1. The first kappa shape index (κ1) is 41.9. The Bertz CT molecular complexity index is 1450. The molecule has 2 aromatic rings. The Morgan fingerprint density at radius 2 is 1.47 bits per heavy atom. The number of Topliss-reactive ketones (excluding diaryl/α,β-unsaturated/α-hetero) is 1. The Labute approximate surface area is 292 Å². The number of amides is 3. The second-order valence-electron chi connectivity index (χ2n) is 11.9. The van der Waals surface area contributed by atoms with E-state index in [9.17, 15) is 32.7 Å². The van der Waals surface area contributed by atoms with Crippen LogP contribution in [0.3, 0.4) is 0 Å². The molecule has 0 spiro atoms. The van der Waals surface area contributed by atoms with E-state index in [1.165, 1.54) is 20.4 Å². The first-order valence-electron chi connectivity index (χ1n) is 16.2. The van der Waals surface area contributed by atoms with Gasteiger partial charge in [0.1, 0.15) is 29.2 Å². The van der Waals surface area contributed by atoms with E-state index >= 15 is 0 Å². The van der Waals surface area contributed by atoms with Gasteiger partial charge in [0, 0.05) is 14.2 Å². The van der Waals surface area contributed by atoms with E-state index in [-0.39, 0.29) is 30.3 Å². The molecule has 0 radical (unpaired) electrons. The van der Waals surface area contributed by atoms with Crippen LogP contribution in [0.2, 0.25) is 0 Å². The predicted molar refractivity (Wildman–Crippen MR) is 185 cm³/mol. The zero-order valence-electron chi connectivity index (χ0n) is 28.9. The average Bonchev–Trinajstić information content (AvgIpc) is 3.51. The van der Waals surface area contributed by atoms with Crippen molar-refractivity contribution in [2.24, 2.45) is 0 Å². The lowest BCUT2D eigenvalue weighted by Crippen LogP contribution is -2.60. The summed E-state index contributed by atoms with van der Waals surface area (Å²) in [5.74, 6) is -3.28. The van der Waals surface area contributed by atoms with Gasteiger partial charge in [-0.3, -0.25) is 23.4 Å². The summed E-state index contributed by atoms with van der Waals surface area (Å²) in [7, 11) is -1.37. The number of hydrogen-bond acceptors (Lipinski definition) is 12. The van der Waals surface area contributed by atoms with Gasteiger partial charge in [0.15, 0.2) is 5.78 Å². The maximum Gasteiger partial charge on any atom is 0.267 e. The van der Waals surface area contributed by atoms with Crippen molar-refractivity contribution in [1.82, 2.24) is 20.9 Å². The van der Waals surface area contributed by atoms with Crippen LogP contribution in [0.25, 0.3) is 0 Å². The van der Waals surface area contributed by atoms with Crippen molar-refractivity contribution >= 4 is 45.0 Å². The van der Waals surface area contributed by atoms with E-state index in [1.807, 2.05) is 0 Å². The summed E-state index contributed by atoms with van der Waals surface area (Å²) in [4.78, 5) is 57.6. The molecule has 0 saturated carbocycles. The molecule has 0 bridgehead atoms. The third-order valence-corrected chi connectivity index (χ3v) is 9.66. The highest BCUT2D eigenvalue weighted by Gasteiger charge is 2.39. The molecular formula is C33H50N4O10S2. The smallest absolute Gasteiger partial charge is 0.267 e. The van der Waals surface area contributed by atoms with Gasteiger partial charge in [-0.2, -0.15) is 8.42 Å². The molecule has 16 heteroatoms. The fraction of sp³-hybridized carbons (Fsp3) is 0.606. The van der Waals surface area contributed by atoms with Crippen molar-refractivity contribution in [1.29, 1.82) is 0 Å². The number of benzene rings is 1. The van der Waals surface area contributed by atoms with Crippen LogP contribution in [0.1, 0.15) is 72.6 Å². The van der Waals surface area contributed by atoms with Crippen molar-refractivity contribution in [2.45, 2.75) is 89.4 Å². The van der Waals surface area contributed by atoms with Crippen LogP contribution >= 0.6 is 11.3 Å². The maximum atomic E-state index is 13.7. The molecule has 1 aromatic carbocycles. The van der Waals surface area contributed by atoms with Crippen molar-refractivity contribution in [3.8, 4) is 0 Å². The van der Waals surface area contributed by atoms with Crippen molar-refractivity contribution in [3.05, 3.63) is 52.0 Å². The number of carbonyl (C=O) groups is 4. The topological polar surface area (TPSA) is 199 Å². The SMILES string of the molecule is CCCCCCCCS(=O)(=O)OCC(C)(O)C(=O)[C@H](Cc1ccccc1)NC(=O)[C@@H](COC)NC(=O)[C@H](COC)NC(=O)c1cnc(C)s1. The van der Waals surface area contributed by atoms with Gasteiger partial charge in [-0.1, -0.05) is 69.4 Å². The number of nitrogens with one attached hydrogen (secondary N) is 3. The molecule has 1 aromatic heterocycles. The number of aryl methyl sites for hydroxylation is 1. The fourth-order valence-corrected chi connectivity index (χ4v) is 6.53. The van der Waals surface area contributed by atoms with E-state index in [2.05, 4.69) is 27.9 Å². The first-order valence-corrected chi connectivity index (χ1v) is 18.6. The molecule has 0 fully saturated rings. The van der Waals surface area contributed by atoms with Crippen LogP contribution in [0.4, 0.5) is 0 Å². The Hall–Kier alpha value is -3.28. The molecule has 1 unspecified atom stereocenters. The van der Waals surface area contributed by atoms with Gasteiger partial charge in [-0.25, -0.2) is 4.98 Å². The molecule has 14 nitrogen and oxygen atoms in total. The summed E-state index contributed by atoms with van der Waals surface area (Å²) < 4.78 is 40.4. The molecule has 4 atom stereocenters. The number of aromatic nitrogens is 1. The van der Waals surface area contributed by atoms with Crippen LogP contribution in [0.5, 0.6) is 0 Å². The first-order chi connectivity index (χ1) is 23.2. The molecule has 3 amide bonds. The van der Waals surface area contributed by atoms with E-state index in [4.69, 9.17) is 13.7 Å². The quantitative estimate of drug-likeness (QED) is 0.0913. The normalized spacial score (nSPS) is 14.7. The minimum atomic E-state index is -4.03. The lowest BCUT2D eigenvalue weighted by atomic mass is 9.91. The van der Waals surface area contributed by atoms with Crippen molar-refractivity contribution in [2.75, 3.05) is 39.8 Å². The number of methoxy groups -OCH3 is 2. The van der Waals surface area contributed by atoms with E-state index in [1.54, 1.807) is 37.3 Å². The monoisotopic (exact) mass is 726 g/mol. The molecule has 0 saturated heterocycles. The number of thiazole rings is 1. The van der Waals surface area contributed by atoms with Crippen molar-refractivity contribution < 1.29 is 46.4 Å². The molecule has 49 heavy (non-hydrogen) atoms. The fourth-order valence-electron chi connectivity index (χ4n) is 4.77. The van der Waals surface area contributed by atoms with Crippen molar-refractivity contribution in [3.63, 3.8) is 0 Å². The third kappa shape index (κ3) is 15.0. The summed E-state index contributed by atoms with van der Waals surface area (Å²) in [5.41, 5.74) is -1.66. The summed E-state index contributed by atoms with van der Waals surface area (Å²) >= 11 is 1.14. The summed E-state index contributed by atoms with van der Waals surface area (Å²) in [6.07, 6.45) is 6.49. The lowest BCUT2D eigenvalue weighted by molar-refractivity contribution is -0.143. The second kappa shape index (κ2) is 21.1. The highest BCUT2D eigenvalue weighted by molar-refractivity contribution is 7.86. The number of rotatable bonds is 24. The Morgan fingerprint density at radius 1 is 0.898 bits per heavy atom. The number of ketones is 1. The molecule has 1 heterocycles. The van der Waals surface area contributed by atoms with Crippen LogP contribution in [-0.2, 0) is 44.6 Å². The van der Waals surface area contributed by atoms with Crippen LogP contribution in [0.15, 0.2) is 36.5 Å². The average molecular weight is 727 g/mol. The van der Waals surface area contributed by atoms with Gasteiger partial charge in [-0.15, -0.1) is 11.3 Å². The maximum absolute atomic E-state index is 13.7. The minimum Gasteiger partial charge on any atom is -0.382 e. The zero-order valence-corrected chi connectivity index (χ0v) is 30.5. The Morgan fingerprint density at radius 3 is 2.04 bits per heavy atom. The van der Waals surface area contributed by atoms with Crippen LogP contribution < -0.4 is 16.0 Å². The van der Waals surface area contributed by atoms with Crippen LogP contribution in [-0.4, -0.2) is 106 Å². The molecule has 0 aliphatic heterocycles. The summed E-state index contributed by atoms with van der Waals surface area (Å²) in [5, 5.41) is 19.5. The Kier molecular flexibility index (Phi) is 18.0. The third-order valence-electron chi connectivity index (χ3n) is 7.48. The van der Waals surface area contributed by atoms with Gasteiger partial charge < -0.3 is 30.5 Å². The second-order valence-corrected chi connectivity index (χ2v) is 14.9. The van der Waals surface area contributed by atoms with Crippen LogP contribution in [0, 0.1) is 6.92 Å². The van der Waals surface area contributed by atoms with E-state index in [0.29, 0.717) is 23.4 Å². The molecule has 0 aliphatic rings. The molecule has 0 aliphatic carbocycles. The summed E-state index contributed by atoms with van der Waals surface area (Å²) in [6.45, 7) is 3.58. The molecular weight excluding hydrogens is 677 g/mol. The molecule has 4 N–H and O–H groups in total.